The van der Waals surface area contributed by atoms with Crippen LogP contribution in [0.5, 0.6) is 0 Å². The molecule has 1 fully saturated rings. The Hall–Kier alpha value is -1.99. The second-order valence-electron chi connectivity index (χ2n) is 6.22. The molecule has 1 aromatic heterocycles. The standard InChI is InChI=1S/C21H12BrCl2NO3S/c22-17-4-2-1-3-12(17)11-25-20(26)19(29-21(25)27)10-16-5-6-18(28-16)13-7-14(23)9-15(24)8-13/h1-10H,11H2/b19-10-. The molecule has 1 aliphatic rings. The molecule has 0 unspecified atom stereocenters. The van der Waals surface area contributed by atoms with Crippen LogP contribution in [-0.2, 0) is 11.3 Å². The highest BCUT2D eigenvalue weighted by molar-refractivity contribution is 9.10. The highest BCUT2D eigenvalue weighted by Crippen LogP contribution is 2.35. The van der Waals surface area contributed by atoms with E-state index in [2.05, 4.69) is 15.9 Å². The zero-order valence-electron chi connectivity index (χ0n) is 14.7. The van der Waals surface area contributed by atoms with E-state index in [1.807, 2.05) is 24.3 Å². The van der Waals surface area contributed by atoms with Gasteiger partial charge in [-0.3, -0.25) is 14.5 Å². The first-order chi connectivity index (χ1) is 13.9. The average Bonchev–Trinajstić information content (AvgIpc) is 3.23. The van der Waals surface area contributed by atoms with Crippen LogP contribution >= 0.6 is 50.9 Å². The molecule has 0 spiro atoms. The zero-order chi connectivity index (χ0) is 20.5. The van der Waals surface area contributed by atoms with Crippen LogP contribution in [0, 0.1) is 0 Å². The van der Waals surface area contributed by atoms with E-state index in [1.54, 1.807) is 36.4 Å². The molecule has 3 aromatic rings. The fourth-order valence-electron chi connectivity index (χ4n) is 2.84. The molecule has 0 atom stereocenters. The van der Waals surface area contributed by atoms with Crippen molar-refractivity contribution in [1.82, 2.24) is 4.90 Å². The molecular weight excluding hydrogens is 497 g/mol. The van der Waals surface area contributed by atoms with Crippen LogP contribution in [0.3, 0.4) is 0 Å². The smallest absolute Gasteiger partial charge is 0.293 e. The minimum Gasteiger partial charge on any atom is -0.457 e. The molecule has 2 aromatic carbocycles. The quantitative estimate of drug-likeness (QED) is 0.348. The van der Waals surface area contributed by atoms with Gasteiger partial charge in [0, 0.05) is 26.2 Å². The van der Waals surface area contributed by atoms with Crippen LogP contribution in [0.2, 0.25) is 10.0 Å². The fourth-order valence-corrected chi connectivity index (χ4v) is 4.60. The van der Waals surface area contributed by atoms with Crippen LogP contribution in [-0.4, -0.2) is 16.0 Å². The van der Waals surface area contributed by atoms with Gasteiger partial charge in [0.05, 0.1) is 11.4 Å². The first kappa shape index (κ1) is 20.3. The molecule has 146 valence electrons. The molecule has 4 rings (SSSR count). The molecule has 1 aliphatic heterocycles. The second kappa shape index (κ2) is 8.40. The molecule has 4 nitrogen and oxygen atoms in total. The monoisotopic (exact) mass is 507 g/mol. The van der Waals surface area contributed by atoms with Gasteiger partial charge in [0.15, 0.2) is 0 Å². The van der Waals surface area contributed by atoms with Gasteiger partial charge >= 0.3 is 0 Å². The number of furan rings is 1. The number of thioether (sulfide) groups is 1. The minimum absolute atomic E-state index is 0.202. The Kier molecular flexibility index (Phi) is 5.88. The maximum atomic E-state index is 12.7. The Balaban J connectivity index is 1.56. The van der Waals surface area contributed by atoms with Gasteiger partial charge in [-0.1, -0.05) is 57.3 Å². The number of hydrogen-bond acceptors (Lipinski definition) is 4. The second-order valence-corrected chi connectivity index (χ2v) is 8.94. The molecule has 0 bridgehead atoms. The van der Waals surface area contributed by atoms with Crippen molar-refractivity contribution >= 4 is 68.1 Å². The number of imide groups is 1. The van der Waals surface area contributed by atoms with Gasteiger partial charge in [-0.05, 0) is 53.7 Å². The summed E-state index contributed by atoms with van der Waals surface area (Å²) in [5.74, 6) is 0.676. The van der Waals surface area contributed by atoms with Crippen LogP contribution in [0.4, 0.5) is 4.79 Å². The minimum atomic E-state index is -0.348. The van der Waals surface area contributed by atoms with E-state index in [1.165, 1.54) is 4.90 Å². The number of benzene rings is 2. The maximum Gasteiger partial charge on any atom is 0.293 e. The van der Waals surface area contributed by atoms with Crippen molar-refractivity contribution < 1.29 is 14.0 Å². The molecule has 29 heavy (non-hydrogen) atoms. The summed E-state index contributed by atoms with van der Waals surface area (Å²) in [6, 6.07) is 16.1. The van der Waals surface area contributed by atoms with Gasteiger partial charge < -0.3 is 4.42 Å². The molecule has 8 heteroatoms. The van der Waals surface area contributed by atoms with Crippen molar-refractivity contribution in [3.63, 3.8) is 0 Å². The molecule has 0 saturated carbocycles. The summed E-state index contributed by atoms with van der Waals surface area (Å²) in [4.78, 5) is 26.6. The lowest BCUT2D eigenvalue weighted by atomic mass is 10.2. The average molecular weight is 509 g/mol. The summed E-state index contributed by atoms with van der Waals surface area (Å²) >= 11 is 16.4. The van der Waals surface area contributed by atoms with Crippen molar-refractivity contribution in [2.24, 2.45) is 0 Å². The van der Waals surface area contributed by atoms with Crippen LogP contribution in [0.25, 0.3) is 17.4 Å². The van der Waals surface area contributed by atoms with Crippen molar-refractivity contribution in [3.8, 4) is 11.3 Å². The lowest BCUT2D eigenvalue weighted by Crippen LogP contribution is -2.27. The summed E-state index contributed by atoms with van der Waals surface area (Å²) in [6.07, 6.45) is 1.57. The Morgan fingerprint density at radius 1 is 1.03 bits per heavy atom. The van der Waals surface area contributed by atoms with Crippen molar-refractivity contribution in [2.45, 2.75) is 6.54 Å². The number of carbonyl (C=O) groups is 2. The number of rotatable bonds is 4. The van der Waals surface area contributed by atoms with Gasteiger partial charge in [0.2, 0.25) is 0 Å². The highest BCUT2D eigenvalue weighted by atomic mass is 79.9. The maximum absolute atomic E-state index is 12.7. The number of carbonyl (C=O) groups excluding carboxylic acids is 2. The Labute approximate surface area is 189 Å². The third-order valence-corrected chi connectivity index (χ3v) is 6.32. The normalized spacial score (nSPS) is 15.6. The number of nitrogens with zero attached hydrogens (tertiary/aromatic N) is 1. The van der Waals surface area contributed by atoms with Crippen molar-refractivity contribution in [2.75, 3.05) is 0 Å². The van der Waals surface area contributed by atoms with E-state index in [-0.39, 0.29) is 17.7 Å². The molecular formula is C21H12BrCl2NO3S. The Morgan fingerprint density at radius 2 is 1.76 bits per heavy atom. The van der Waals surface area contributed by atoms with Crippen molar-refractivity contribution in [3.05, 3.63) is 85.3 Å². The van der Waals surface area contributed by atoms with Gasteiger partial charge in [0.1, 0.15) is 11.5 Å². The van der Waals surface area contributed by atoms with Gasteiger partial charge in [-0.2, -0.15) is 0 Å². The van der Waals surface area contributed by atoms with E-state index < -0.39 is 0 Å². The predicted molar refractivity (Wildman–Crippen MR) is 120 cm³/mol. The summed E-state index contributed by atoms with van der Waals surface area (Å²) < 4.78 is 6.65. The Morgan fingerprint density at radius 3 is 2.48 bits per heavy atom. The van der Waals surface area contributed by atoms with Crippen LogP contribution in [0.1, 0.15) is 11.3 Å². The number of amides is 2. The number of hydrogen-bond donors (Lipinski definition) is 0. The Bertz CT molecular complexity index is 1140. The van der Waals surface area contributed by atoms with E-state index in [9.17, 15) is 9.59 Å². The van der Waals surface area contributed by atoms with E-state index in [0.29, 0.717) is 26.5 Å². The third kappa shape index (κ3) is 4.46. The SMILES string of the molecule is O=C1S/C(=C\c2ccc(-c3cc(Cl)cc(Cl)c3)o2)C(=O)N1Cc1ccccc1Br. The van der Waals surface area contributed by atoms with Crippen molar-refractivity contribution in [1.29, 1.82) is 0 Å². The molecule has 2 amide bonds. The topological polar surface area (TPSA) is 50.5 Å². The zero-order valence-corrected chi connectivity index (χ0v) is 18.6. The fraction of sp³-hybridized carbons (Fsp3) is 0.0476. The molecule has 2 heterocycles. The molecule has 0 N–H and O–H groups in total. The predicted octanol–water partition coefficient (Wildman–Crippen LogP) is 7.25. The molecule has 1 saturated heterocycles. The molecule has 0 radical (unpaired) electrons. The summed E-state index contributed by atoms with van der Waals surface area (Å²) in [5, 5.41) is 0.683. The van der Waals surface area contributed by atoms with Gasteiger partial charge in [-0.15, -0.1) is 0 Å². The summed E-state index contributed by atoms with van der Waals surface area (Å²) in [5.41, 5.74) is 1.58. The lowest BCUT2D eigenvalue weighted by Gasteiger charge is -2.13. The number of halogens is 3. The van der Waals surface area contributed by atoms with E-state index in [4.69, 9.17) is 27.6 Å². The van der Waals surface area contributed by atoms with E-state index >= 15 is 0 Å². The highest BCUT2D eigenvalue weighted by Gasteiger charge is 2.35. The lowest BCUT2D eigenvalue weighted by molar-refractivity contribution is -0.123. The van der Waals surface area contributed by atoms with Crippen LogP contribution < -0.4 is 0 Å². The summed E-state index contributed by atoms with van der Waals surface area (Å²) in [7, 11) is 0. The first-order valence-electron chi connectivity index (χ1n) is 8.46. The largest absolute Gasteiger partial charge is 0.457 e. The molecule has 0 aliphatic carbocycles. The van der Waals surface area contributed by atoms with Crippen LogP contribution in [0.15, 0.2) is 68.4 Å². The third-order valence-electron chi connectivity index (χ3n) is 4.21. The first-order valence-corrected chi connectivity index (χ1v) is 10.8. The van der Waals surface area contributed by atoms with Gasteiger partial charge in [-0.25, -0.2) is 0 Å². The van der Waals surface area contributed by atoms with Gasteiger partial charge in [0.25, 0.3) is 11.1 Å². The van der Waals surface area contributed by atoms with E-state index in [0.717, 1.165) is 27.4 Å². The summed E-state index contributed by atoms with van der Waals surface area (Å²) in [6.45, 7) is 0.202.